The number of rotatable bonds is 28. The Balaban J connectivity index is 2.49. The molecular weight excluding hydrogens is 865 g/mol. The van der Waals surface area contributed by atoms with Gasteiger partial charge in [0.25, 0.3) is 5.91 Å². The number of benzene rings is 2. The number of ketones is 1. The van der Waals surface area contributed by atoms with Crippen molar-refractivity contribution < 1.29 is 53.0 Å². The van der Waals surface area contributed by atoms with Crippen LogP contribution in [-0.2, 0) is 60.9 Å². The van der Waals surface area contributed by atoms with Crippen molar-refractivity contribution in [3.63, 3.8) is 0 Å². The molecule has 0 saturated heterocycles. The van der Waals surface area contributed by atoms with E-state index in [0.717, 1.165) is 11.1 Å². The minimum absolute atomic E-state index is 0.0345. The SMILES string of the molecule is CCCCC(NC(=O)[C@H](CC(C)C)NC(=O)[C@@H](NC(=O)[C@H](Cc1ccccc1C)NC(=O)[C@@H](COCc1ccccc1)NC(=O)[C@H](CO)NC(=O)CCC(=O)N(C)C)C(C)(C)C)C(=O)C(N)=O. The van der Waals surface area contributed by atoms with Gasteiger partial charge in [-0.15, -0.1) is 0 Å². The van der Waals surface area contributed by atoms with E-state index < -0.39 is 102 Å². The quantitative estimate of drug-likeness (QED) is 0.0554. The minimum Gasteiger partial charge on any atom is -0.394 e. The summed E-state index contributed by atoms with van der Waals surface area (Å²) in [5.41, 5.74) is 6.51. The van der Waals surface area contributed by atoms with Crippen LogP contribution in [0.15, 0.2) is 54.6 Å². The summed E-state index contributed by atoms with van der Waals surface area (Å²) in [4.78, 5) is 121. The van der Waals surface area contributed by atoms with Gasteiger partial charge in [0.05, 0.1) is 25.9 Å². The van der Waals surface area contributed by atoms with Gasteiger partial charge < -0.3 is 52.4 Å². The van der Waals surface area contributed by atoms with Crippen LogP contribution in [0.4, 0.5) is 0 Å². The van der Waals surface area contributed by atoms with Crippen molar-refractivity contribution in [2.75, 3.05) is 27.3 Å². The molecule has 19 heteroatoms. The summed E-state index contributed by atoms with van der Waals surface area (Å²) in [5.74, 6) is -7.36. The van der Waals surface area contributed by atoms with E-state index in [0.29, 0.717) is 18.4 Å². The summed E-state index contributed by atoms with van der Waals surface area (Å²) in [6.45, 7) is 11.2. The second kappa shape index (κ2) is 28.1. The number of nitrogens with zero attached hydrogens (tertiary/aromatic N) is 1. The van der Waals surface area contributed by atoms with E-state index in [1.165, 1.54) is 19.0 Å². The molecule has 8 amide bonds. The maximum absolute atomic E-state index is 14.5. The molecule has 0 aliphatic heterocycles. The van der Waals surface area contributed by atoms with Crippen LogP contribution in [0.3, 0.4) is 0 Å². The molecule has 2 rings (SSSR count). The summed E-state index contributed by atoms with van der Waals surface area (Å²) >= 11 is 0. The molecular formula is C48H72N8O11. The number of aryl methyl sites for hydroxylation is 1. The number of hydrogen-bond acceptors (Lipinski definition) is 11. The van der Waals surface area contributed by atoms with Gasteiger partial charge >= 0.3 is 0 Å². The fraction of sp³-hybridized carbons (Fsp3) is 0.562. The lowest BCUT2D eigenvalue weighted by Gasteiger charge is -2.34. The third-order valence-corrected chi connectivity index (χ3v) is 10.7. The second-order valence-corrected chi connectivity index (χ2v) is 18.3. The maximum atomic E-state index is 14.5. The highest BCUT2D eigenvalue weighted by molar-refractivity contribution is 6.37. The third kappa shape index (κ3) is 20.1. The van der Waals surface area contributed by atoms with Gasteiger partial charge in [-0.2, -0.15) is 0 Å². The predicted molar refractivity (Wildman–Crippen MR) is 250 cm³/mol. The highest BCUT2D eigenvalue weighted by Crippen LogP contribution is 2.21. The molecule has 0 heterocycles. The summed E-state index contributed by atoms with van der Waals surface area (Å²) in [7, 11) is 3.06. The molecule has 0 fully saturated rings. The molecule has 370 valence electrons. The number of ether oxygens (including phenoxy) is 1. The smallest absolute Gasteiger partial charge is 0.287 e. The van der Waals surface area contributed by atoms with Gasteiger partial charge in [-0.25, -0.2) is 0 Å². The molecule has 0 spiro atoms. The maximum Gasteiger partial charge on any atom is 0.287 e. The Labute approximate surface area is 393 Å². The number of primary amides is 1. The van der Waals surface area contributed by atoms with Crippen LogP contribution in [0.25, 0.3) is 0 Å². The summed E-state index contributed by atoms with van der Waals surface area (Å²) in [6, 6.07) is 8.10. The lowest BCUT2D eigenvalue weighted by molar-refractivity contribution is -0.139. The van der Waals surface area contributed by atoms with E-state index in [-0.39, 0.29) is 50.5 Å². The largest absolute Gasteiger partial charge is 0.394 e. The number of nitrogens with one attached hydrogen (secondary N) is 6. The van der Waals surface area contributed by atoms with E-state index in [9.17, 15) is 48.3 Å². The minimum atomic E-state index is -1.52. The van der Waals surface area contributed by atoms with E-state index in [2.05, 4.69) is 31.9 Å². The number of carbonyl (C=O) groups is 9. The highest BCUT2D eigenvalue weighted by Gasteiger charge is 2.38. The number of aliphatic hydroxyl groups is 1. The van der Waals surface area contributed by atoms with Crippen molar-refractivity contribution in [1.29, 1.82) is 0 Å². The van der Waals surface area contributed by atoms with Crippen LogP contribution in [0, 0.1) is 18.3 Å². The fourth-order valence-corrected chi connectivity index (χ4v) is 6.77. The number of carbonyl (C=O) groups excluding carboxylic acids is 9. The van der Waals surface area contributed by atoms with Gasteiger partial charge in [0.2, 0.25) is 47.1 Å². The first kappa shape index (κ1) is 56.9. The van der Waals surface area contributed by atoms with E-state index >= 15 is 0 Å². The van der Waals surface area contributed by atoms with Crippen molar-refractivity contribution in [3.05, 3.63) is 71.3 Å². The predicted octanol–water partition coefficient (Wildman–Crippen LogP) is 0.861. The lowest BCUT2D eigenvalue weighted by Crippen LogP contribution is -2.62. The van der Waals surface area contributed by atoms with Crippen molar-refractivity contribution >= 4 is 53.0 Å². The molecule has 9 N–H and O–H groups in total. The normalized spacial score (nSPS) is 14.0. The zero-order valence-electron chi connectivity index (χ0n) is 40.4. The molecule has 2 aromatic carbocycles. The Hall–Kier alpha value is -6.21. The molecule has 6 atom stereocenters. The number of Topliss-reactive ketones (excluding diaryl/α,β-unsaturated/α-hetero) is 1. The Morgan fingerprint density at radius 2 is 1.25 bits per heavy atom. The number of hydrogen-bond donors (Lipinski definition) is 8. The van der Waals surface area contributed by atoms with Gasteiger partial charge in [0.1, 0.15) is 30.2 Å². The summed E-state index contributed by atoms with van der Waals surface area (Å²) in [6.07, 6.45) is 0.998. The molecule has 2 aromatic rings. The number of aliphatic hydroxyl groups excluding tert-OH is 1. The van der Waals surface area contributed by atoms with Crippen LogP contribution >= 0.6 is 0 Å². The monoisotopic (exact) mass is 937 g/mol. The van der Waals surface area contributed by atoms with E-state index in [1.807, 2.05) is 39.8 Å². The van der Waals surface area contributed by atoms with Gasteiger partial charge in [0, 0.05) is 33.4 Å². The number of nitrogens with two attached hydrogens (primary N) is 1. The summed E-state index contributed by atoms with van der Waals surface area (Å²) in [5, 5.41) is 25.8. The molecule has 0 aromatic heterocycles. The van der Waals surface area contributed by atoms with Crippen LogP contribution < -0.4 is 37.6 Å². The van der Waals surface area contributed by atoms with Crippen molar-refractivity contribution in [1.82, 2.24) is 36.8 Å². The average Bonchev–Trinajstić information content (AvgIpc) is 3.26. The molecule has 0 radical (unpaired) electrons. The van der Waals surface area contributed by atoms with Gasteiger partial charge in [0.15, 0.2) is 0 Å². The van der Waals surface area contributed by atoms with Crippen LogP contribution in [-0.4, -0.2) is 127 Å². The van der Waals surface area contributed by atoms with Crippen molar-refractivity contribution in [2.45, 2.75) is 136 Å². The highest BCUT2D eigenvalue weighted by atomic mass is 16.5. The Morgan fingerprint density at radius 3 is 1.82 bits per heavy atom. The first-order valence-electron chi connectivity index (χ1n) is 22.6. The molecule has 67 heavy (non-hydrogen) atoms. The van der Waals surface area contributed by atoms with Crippen LogP contribution in [0.5, 0.6) is 0 Å². The molecule has 0 bridgehead atoms. The zero-order chi connectivity index (χ0) is 50.4. The van der Waals surface area contributed by atoms with Crippen LogP contribution in [0.1, 0.15) is 96.8 Å². The first-order chi connectivity index (χ1) is 31.5. The van der Waals surface area contributed by atoms with Gasteiger partial charge in [-0.3, -0.25) is 43.2 Å². The number of unbranched alkanes of at least 4 members (excludes halogenated alkanes) is 1. The third-order valence-electron chi connectivity index (χ3n) is 10.7. The van der Waals surface area contributed by atoms with Crippen LogP contribution in [0.2, 0.25) is 0 Å². The summed E-state index contributed by atoms with van der Waals surface area (Å²) < 4.78 is 5.86. The molecule has 0 saturated carbocycles. The van der Waals surface area contributed by atoms with Gasteiger partial charge in [-0.1, -0.05) is 109 Å². The second-order valence-electron chi connectivity index (χ2n) is 18.3. The topological polar surface area (TPSA) is 285 Å². The molecule has 19 nitrogen and oxygen atoms in total. The Kier molecular flexibility index (Phi) is 23.9. The Bertz CT molecular complexity index is 2000. The Morgan fingerprint density at radius 1 is 0.701 bits per heavy atom. The van der Waals surface area contributed by atoms with Crippen molar-refractivity contribution in [3.8, 4) is 0 Å². The van der Waals surface area contributed by atoms with E-state index in [1.54, 1.807) is 63.2 Å². The number of amides is 8. The first-order valence-corrected chi connectivity index (χ1v) is 22.6. The fourth-order valence-electron chi connectivity index (χ4n) is 6.77. The van der Waals surface area contributed by atoms with Crippen molar-refractivity contribution in [2.24, 2.45) is 17.1 Å². The standard InChI is InChI=1S/C48H72N8O11/c1-10-11-21-33(40(60)42(49)61)51-43(62)34(24-29(2)3)53-47(66)41(48(5,6)7)55-44(63)35(25-32-20-16-15-17-30(32)4)52-46(65)37(28-67-27-31-18-13-12-14-19-31)54-45(64)36(26-57)50-38(58)22-23-39(59)56(8)9/h12-20,29,33-37,41,57H,10-11,21-28H2,1-9H3,(H2,49,61)(H,50,58)(H,51,62)(H,52,65)(H,53,66)(H,54,64)(H,55,63)/t33?,34-,35-,36-,37+,41+/m0/s1. The average molecular weight is 937 g/mol. The molecule has 0 aliphatic rings. The zero-order valence-corrected chi connectivity index (χ0v) is 40.4. The van der Waals surface area contributed by atoms with E-state index in [4.69, 9.17) is 10.5 Å². The lowest BCUT2D eigenvalue weighted by atomic mass is 9.85. The van der Waals surface area contributed by atoms with Gasteiger partial charge in [-0.05, 0) is 47.8 Å². The molecule has 0 aliphatic carbocycles. The molecule has 1 unspecified atom stereocenters.